The first-order chi connectivity index (χ1) is 24.9. The molecule has 2 rings (SSSR count). The van der Waals surface area contributed by atoms with E-state index in [4.69, 9.17) is 4.74 Å². The van der Waals surface area contributed by atoms with Crippen molar-refractivity contribution >= 4 is 36.3 Å². The average molecular weight is 820 g/mol. The van der Waals surface area contributed by atoms with E-state index in [1.165, 1.54) is 31.3 Å². The van der Waals surface area contributed by atoms with Crippen molar-refractivity contribution in [3.8, 4) is 5.75 Å². The molecular formula is C38H57F4N3O8SSi. The van der Waals surface area contributed by atoms with Crippen LogP contribution in [0.2, 0.25) is 18.1 Å². The zero-order valence-corrected chi connectivity index (χ0v) is 35.3. The van der Waals surface area contributed by atoms with Gasteiger partial charge in [0.25, 0.3) is 0 Å². The van der Waals surface area contributed by atoms with Gasteiger partial charge in [0, 0.05) is 19.0 Å². The Kier molecular flexibility index (Phi) is 15.6. The minimum Gasteiger partial charge on any atom is -0.444 e. The normalized spacial score (nSPS) is 15.3. The average Bonchev–Trinajstić information content (AvgIpc) is 3.01. The summed E-state index contributed by atoms with van der Waals surface area (Å²) in [7, 11) is -7.44. The maximum absolute atomic E-state index is 15.2. The molecular weight excluding hydrogens is 763 g/mol. The lowest BCUT2D eigenvalue weighted by Gasteiger charge is -2.41. The van der Waals surface area contributed by atoms with Gasteiger partial charge in [-0.15, -0.1) is 0 Å². The maximum atomic E-state index is 15.2. The van der Waals surface area contributed by atoms with Crippen molar-refractivity contribution in [3.63, 3.8) is 0 Å². The summed E-state index contributed by atoms with van der Waals surface area (Å²) >= 11 is 0. The maximum Gasteiger partial charge on any atom is 0.534 e. The number of alkyl halides is 3. The number of likely N-dealkylation sites (N-methyl/N-ethyl adjacent to an activating group) is 1. The molecule has 4 atom stereocenters. The van der Waals surface area contributed by atoms with Crippen LogP contribution in [-0.2, 0) is 37.3 Å². The number of hydrogen-bond acceptors (Lipinski definition) is 8. The SMILES string of the molecule is CNC(=O)[C@@H](NC(=O)[C@H](Cc1ccccc1F)C[C@H](CC(C)(C)[Si](C)(C)O)[C@H](Cc1ccc(OS(=O)(=O)C(F)(F)F)cc1)NC(=O)OC(C)(C)C)C(C)(C)C. The lowest BCUT2D eigenvalue weighted by Crippen LogP contribution is -2.55. The van der Waals surface area contributed by atoms with E-state index in [1.807, 2.05) is 13.8 Å². The van der Waals surface area contributed by atoms with Gasteiger partial charge in [0.05, 0.1) is 0 Å². The number of halogens is 4. The van der Waals surface area contributed by atoms with Crippen LogP contribution in [0.1, 0.15) is 79.4 Å². The molecule has 310 valence electrons. The highest BCUT2D eigenvalue weighted by atomic mass is 32.2. The number of benzene rings is 2. The Labute approximate surface area is 323 Å². The smallest absolute Gasteiger partial charge is 0.444 e. The number of rotatable bonds is 16. The molecule has 55 heavy (non-hydrogen) atoms. The fraction of sp³-hybridized carbons (Fsp3) is 0.605. The molecule has 11 nitrogen and oxygen atoms in total. The molecule has 0 aromatic heterocycles. The van der Waals surface area contributed by atoms with E-state index in [0.29, 0.717) is 5.56 Å². The van der Waals surface area contributed by atoms with Crippen LogP contribution in [-0.4, -0.2) is 69.7 Å². The predicted octanol–water partition coefficient (Wildman–Crippen LogP) is 7.00. The lowest BCUT2D eigenvalue weighted by atomic mass is 9.78. The lowest BCUT2D eigenvalue weighted by molar-refractivity contribution is -0.133. The van der Waals surface area contributed by atoms with Gasteiger partial charge in [-0.05, 0) is 105 Å². The summed E-state index contributed by atoms with van der Waals surface area (Å²) in [4.78, 5) is 52.1. The third kappa shape index (κ3) is 14.4. The van der Waals surface area contributed by atoms with Crippen LogP contribution in [0, 0.1) is 23.1 Å². The standard InChI is InChI=1S/C38H57F4N3O8SSi/c1-35(2,3)31(33(47)43-9)45-32(46)26(21-25-14-12-13-15-29(25)39)22-27(23-37(7,8)55(10,11)51)30(44-34(48)52-36(4,5)6)20-24-16-18-28(19-17-24)53-54(49,50)38(40,41)42/h12-19,26-27,30-31,51H,20-23H2,1-11H3,(H,43,47)(H,44,48)(H,45,46)/t26-,27-,30+,31-/m1/s1. The van der Waals surface area contributed by atoms with E-state index in [0.717, 1.165) is 12.1 Å². The summed E-state index contributed by atoms with van der Waals surface area (Å²) < 4.78 is 87.2. The summed E-state index contributed by atoms with van der Waals surface area (Å²) in [6, 6.07) is 8.94. The molecule has 0 saturated carbocycles. The first-order valence-corrected chi connectivity index (χ1v) is 22.3. The Balaban J connectivity index is 2.75. The first kappa shape index (κ1) is 47.4. The Morgan fingerprint density at radius 2 is 1.42 bits per heavy atom. The van der Waals surface area contributed by atoms with Crippen molar-refractivity contribution in [2.75, 3.05) is 7.05 Å². The zero-order valence-electron chi connectivity index (χ0n) is 33.5. The minimum atomic E-state index is -5.93. The fourth-order valence-corrected chi connectivity index (χ4v) is 7.08. The summed E-state index contributed by atoms with van der Waals surface area (Å²) in [5, 5.41) is 7.62. The summed E-state index contributed by atoms with van der Waals surface area (Å²) in [5.41, 5.74) is -6.59. The van der Waals surface area contributed by atoms with E-state index < -0.39 is 93.4 Å². The van der Waals surface area contributed by atoms with Gasteiger partial charge in [-0.3, -0.25) is 9.59 Å². The molecule has 0 heterocycles. The van der Waals surface area contributed by atoms with E-state index in [9.17, 15) is 40.8 Å². The van der Waals surface area contributed by atoms with Gasteiger partial charge in [0.1, 0.15) is 23.2 Å². The number of ether oxygens (including phenoxy) is 1. The first-order valence-electron chi connectivity index (χ1n) is 17.9. The van der Waals surface area contributed by atoms with Crippen molar-refractivity contribution in [1.29, 1.82) is 0 Å². The Morgan fingerprint density at radius 3 is 1.89 bits per heavy atom. The van der Waals surface area contributed by atoms with Crippen molar-refractivity contribution in [2.45, 2.75) is 122 Å². The second-order valence-electron chi connectivity index (χ2n) is 17.1. The molecule has 0 spiro atoms. The second kappa shape index (κ2) is 18.0. The van der Waals surface area contributed by atoms with Crippen LogP contribution in [0.15, 0.2) is 48.5 Å². The number of hydrogen-bond donors (Lipinski definition) is 4. The molecule has 2 aromatic rings. The predicted molar refractivity (Wildman–Crippen MR) is 204 cm³/mol. The Morgan fingerprint density at radius 1 is 0.855 bits per heavy atom. The fourth-order valence-electron chi connectivity index (χ4n) is 5.86. The third-order valence-electron chi connectivity index (χ3n) is 9.61. The number of alkyl carbamates (subject to hydrolysis) is 1. The van der Waals surface area contributed by atoms with Crippen LogP contribution in [0.4, 0.5) is 22.4 Å². The monoisotopic (exact) mass is 819 g/mol. The van der Waals surface area contributed by atoms with Crippen molar-refractivity contribution < 1.29 is 54.1 Å². The molecule has 4 N–H and O–H groups in total. The topological polar surface area (TPSA) is 160 Å². The third-order valence-corrected chi connectivity index (χ3v) is 14.1. The minimum absolute atomic E-state index is 0.0105. The van der Waals surface area contributed by atoms with E-state index in [1.54, 1.807) is 66.8 Å². The molecule has 0 aliphatic heterocycles. The number of amides is 3. The Hall–Kier alpha value is -3.70. The van der Waals surface area contributed by atoms with Crippen LogP contribution in [0.5, 0.6) is 5.75 Å². The van der Waals surface area contributed by atoms with Crippen molar-refractivity contribution in [2.24, 2.45) is 17.3 Å². The summed E-state index contributed by atoms with van der Waals surface area (Å²) in [6.45, 7) is 17.6. The molecule has 0 radical (unpaired) electrons. The highest BCUT2D eigenvalue weighted by Crippen LogP contribution is 2.44. The number of carbonyl (C=O) groups excluding carboxylic acids is 3. The quantitative estimate of drug-likeness (QED) is 0.0610. The van der Waals surface area contributed by atoms with Gasteiger partial charge in [-0.1, -0.05) is 65.0 Å². The Bertz CT molecular complexity index is 1740. The van der Waals surface area contributed by atoms with Gasteiger partial charge >= 0.3 is 21.7 Å². The highest BCUT2D eigenvalue weighted by Gasteiger charge is 2.49. The van der Waals surface area contributed by atoms with E-state index >= 15 is 4.39 Å². The van der Waals surface area contributed by atoms with Crippen LogP contribution in [0.25, 0.3) is 0 Å². The van der Waals surface area contributed by atoms with Crippen molar-refractivity contribution in [1.82, 2.24) is 16.0 Å². The number of carbonyl (C=O) groups is 3. The van der Waals surface area contributed by atoms with Gasteiger partial charge in [0.2, 0.25) is 11.8 Å². The van der Waals surface area contributed by atoms with Gasteiger partial charge in [-0.25, -0.2) is 9.18 Å². The molecule has 3 amide bonds. The molecule has 0 aliphatic rings. The molecule has 0 fully saturated rings. The van der Waals surface area contributed by atoms with E-state index in [-0.39, 0.29) is 31.2 Å². The second-order valence-corrected chi connectivity index (χ2v) is 23.2. The summed E-state index contributed by atoms with van der Waals surface area (Å²) in [6.07, 6.45) is -0.618. The molecule has 0 unspecified atom stereocenters. The van der Waals surface area contributed by atoms with Gasteiger partial charge < -0.3 is 29.7 Å². The molecule has 2 aromatic carbocycles. The number of nitrogens with one attached hydrogen (secondary N) is 3. The molecule has 17 heteroatoms. The van der Waals surface area contributed by atoms with Crippen molar-refractivity contribution in [3.05, 3.63) is 65.5 Å². The van der Waals surface area contributed by atoms with Gasteiger partial charge in [0.15, 0.2) is 8.32 Å². The largest absolute Gasteiger partial charge is 0.534 e. The van der Waals surface area contributed by atoms with Crippen LogP contribution < -0.4 is 20.1 Å². The summed E-state index contributed by atoms with van der Waals surface area (Å²) in [5.74, 6) is -3.72. The van der Waals surface area contributed by atoms with Gasteiger partial charge in [-0.2, -0.15) is 21.6 Å². The highest BCUT2D eigenvalue weighted by molar-refractivity contribution is 7.88. The van der Waals surface area contributed by atoms with Crippen LogP contribution in [0.3, 0.4) is 0 Å². The molecule has 0 aliphatic carbocycles. The molecule has 0 bridgehead atoms. The van der Waals surface area contributed by atoms with E-state index in [2.05, 4.69) is 20.1 Å². The van der Waals surface area contributed by atoms with Crippen LogP contribution >= 0.6 is 0 Å². The molecule has 0 saturated heterocycles. The zero-order chi connectivity index (χ0) is 42.4.